The summed E-state index contributed by atoms with van der Waals surface area (Å²) in [6, 6.07) is 1.09. The second kappa shape index (κ2) is 4.08. The van der Waals surface area contributed by atoms with E-state index in [0.29, 0.717) is 12.1 Å². The Hall–Kier alpha value is -1.37. The Labute approximate surface area is 103 Å². The molecule has 98 valence electrons. The SMILES string of the molecule is Fc1cc(C2(C(F)(F)F)CC=NO2)cc(Cl)c1F. The second-order valence-electron chi connectivity index (χ2n) is 3.66. The molecule has 0 saturated carbocycles. The van der Waals surface area contributed by atoms with Gasteiger partial charge in [-0.3, -0.25) is 0 Å². The molecular weight excluding hydrogens is 281 g/mol. The number of benzene rings is 1. The van der Waals surface area contributed by atoms with Gasteiger partial charge in [-0.1, -0.05) is 16.8 Å². The Morgan fingerprint density at radius 2 is 1.94 bits per heavy atom. The molecule has 1 aliphatic heterocycles. The summed E-state index contributed by atoms with van der Waals surface area (Å²) < 4.78 is 65.1. The molecule has 1 aliphatic rings. The van der Waals surface area contributed by atoms with Crippen molar-refractivity contribution >= 4 is 17.8 Å². The lowest BCUT2D eigenvalue weighted by Crippen LogP contribution is -2.42. The van der Waals surface area contributed by atoms with Gasteiger partial charge in [-0.15, -0.1) is 0 Å². The predicted molar refractivity (Wildman–Crippen MR) is 53.3 cm³/mol. The number of alkyl halides is 3. The van der Waals surface area contributed by atoms with Crippen molar-refractivity contribution in [3.05, 3.63) is 34.4 Å². The molecule has 0 saturated heterocycles. The maximum absolute atomic E-state index is 13.1. The van der Waals surface area contributed by atoms with Crippen molar-refractivity contribution in [2.45, 2.75) is 18.2 Å². The standard InChI is InChI=1S/C10H5ClF5NO/c11-6-3-5(4-7(12)8(6)13)9(10(14,15)16)1-2-17-18-9/h2-4H,1H2. The fraction of sp³-hybridized carbons (Fsp3) is 0.300. The van der Waals surface area contributed by atoms with Crippen LogP contribution in [0.4, 0.5) is 22.0 Å². The van der Waals surface area contributed by atoms with Gasteiger partial charge in [-0.2, -0.15) is 13.2 Å². The molecule has 0 aromatic heterocycles. The van der Waals surface area contributed by atoms with Crippen LogP contribution in [0.25, 0.3) is 0 Å². The molecule has 0 amide bonds. The molecule has 2 rings (SSSR count). The molecule has 0 radical (unpaired) electrons. The lowest BCUT2D eigenvalue weighted by atomic mass is 9.90. The minimum Gasteiger partial charge on any atom is -0.375 e. The monoisotopic (exact) mass is 285 g/mol. The molecule has 1 atom stereocenters. The van der Waals surface area contributed by atoms with Crippen LogP contribution in [0.15, 0.2) is 17.3 Å². The fourth-order valence-electron chi connectivity index (χ4n) is 1.62. The van der Waals surface area contributed by atoms with Crippen molar-refractivity contribution in [3.8, 4) is 0 Å². The van der Waals surface area contributed by atoms with Gasteiger partial charge in [0.2, 0.25) is 0 Å². The third-order valence-electron chi connectivity index (χ3n) is 2.57. The first kappa shape index (κ1) is 13.1. The van der Waals surface area contributed by atoms with Gasteiger partial charge in [0.1, 0.15) is 0 Å². The summed E-state index contributed by atoms with van der Waals surface area (Å²) >= 11 is 5.33. The van der Waals surface area contributed by atoms with Crippen LogP contribution in [0.5, 0.6) is 0 Å². The van der Waals surface area contributed by atoms with E-state index in [1.54, 1.807) is 0 Å². The average Bonchev–Trinajstić information content (AvgIpc) is 2.74. The Bertz CT molecular complexity index is 482. The zero-order chi connectivity index (χ0) is 13.6. The van der Waals surface area contributed by atoms with Crippen LogP contribution < -0.4 is 0 Å². The summed E-state index contributed by atoms with van der Waals surface area (Å²) in [4.78, 5) is 4.34. The molecule has 18 heavy (non-hydrogen) atoms. The van der Waals surface area contributed by atoms with Gasteiger partial charge in [0, 0.05) is 18.2 Å². The molecular formula is C10H5ClF5NO. The molecule has 0 spiro atoms. The van der Waals surface area contributed by atoms with Crippen LogP contribution in [0.1, 0.15) is 12.0 Å². The smallest absolute Gasteiger partial charge is 0.375 e. The number of oxime groups is 1. The molecule has 1 unspecified atom stereocenters. The zero-order valence-corrected chi connectivity index (χ0v) is 9.32. The van der Waals surface area contributed by atoms with Gasteiger partial charge < -0.3 is 4.84 Å². The van der Waals surface area contributed by atoms with E-state index in [-0.39, 0.29) is 0 Å². The molecule has 8 heteroatoms. The van der Waals surface area contributed by atoms with Crippen LogP contribution in [0.2, 0.25) is 5.02 Å². The number of halogens is 6. The highest BCUT2D eigenvalue weighted by molar-refractivity contribution is 6.30. The van der Waals surface area contributed by atoms with Crippen LogP contribution in [0, 0.1) is 11.6 Å². The Morgan fingerprint density at radius 1 is 1.28 bits per heavy atom. The van der Waals surface area contributed by atoms with Gasteiger partial charge in [0.15, 0.2) is 11.6 Å². The molecule has 0 aliphatic carbocycles. The molecule has 0 fully saturated rings. The summed E-state index contributed by atoms with van der Waals surface area (Å²) in [6.07, 6.45) is -4.56. The quantitative estimate of drug-likeness (QED) is 0.568. The summed E-state index contributed by atoms with van der Waals surface area (Å²) in [7, 11) is 0. The maximum atomic E-state index is 13.1. The molecule has 0 N–H and O–H groups in total. The minimum atomic E-state index is -4.84. The normalized spacial score (nSPS) is 23.2. The lowest BCUT2D eigenvalue weighted by molar-refractivity contribution is -0.275. The van der Waals surface area contributed by atoms with Gasteiger partial charge >= 0.3 is 6.18 Å². The van der Waals surface area contributed by atoms with Crippen molar-refractivity contribution in [2.75, 3.05) is 0 Å². The number of hydrogen-bond acceptors (Lipinski definition) is 2. The van der Waals surface area contributed by atoms with Crippen molar-refractivity contribution < 1.29 is 26.8 Å². The third kappa shape index (κ3) is 1.82. The van der Waals surface area contributed by atoms with Gasteiger partial charge in [-0.05, 0) is 12.1 Å². The van der Waals surface area contributed by atoms with E-state index in [1.165, 1.54) is 0 Å². The summed E-state index contributed by atoms with van der Waals surface area (Å²) in [5, 5.41) is 2.31. The van der Waals surface area contributed by atoms with E-state index in [2.05, 4.69) is 9.99 Å². The second-order valence-corrected chi connectivity index (χ2v) is 4.07. The molecule has 0 bridgehead atoms. The van der Waals surface area contributed by atoms with Crippen molar-refractivity contribution in [1.29, 1.82) is 0 Å². The third-order valence-corrected chi connectivity index (χ3v) is 2.84. The van der Waals surface area contributed by atoms with Gasteiger partial charge in [0.05, 0.1) is 5.02 Å². The van der Waals surface area contributed by atoms with E-state index >= 15 is 0 Å². The first-order valence-electron chi connectivity index (χ1n) is 4.70. The topological polar surface area (TPSA) is 21.6 Å². The summed E-state index contributed by atoms with van der Waals surface area (Å²) in [5.41, 5.74) is -3.44. The Morgan fingerprint density at radius 3 is 2.39 bits per heavy atom. The minimum absolute atomic E-state index is 0.406. The van der Waals surface area contributed by atoms with Crippen LogP contribution >= 0.6 is 11.6 Å². The first-order valence-corrected chi connectivity index (χ1v) is 5.07. The first-order chi connectivity index (χ1) is 8.28. The van der Waals surface area contributed by atoms with Crippen molar-refractivity contribution in [1.82, 2.24) is 0 Å². The lowest BCUT2D eigenvalue weighted by Gasteiger charge is -2.29. The van der Waals surface area contributed by atoms with Gasteiger partial charge in [-0.25, -0.2) is 8.78 Å². The highest BCUT2D eigenvalue weighted by Crippen LogP contribution is 2.47. The Kier molecular flexibility index (Phi) is 2.96. The molecule has 1 aromatic carbocycles. The maximum Gasteiger partial charge on any atom is 0.435 e. The van der Waals surface area contributed by atoms with E-state index in [1.807, 2.05) is 0 Å². The predicted octanol–water partition coefficient (Wildman–Crippen LogP) is 3.78. The van der Waals surface area contributed by atoms with E-state index in [9.17, 15) is 22.0 Å². The molecule has 1 heterocycles. The van der Waals surface area contributed by atoms with E-state index < -0.39 is 40.4 Å². The summed E-state index contributed by atoms with van der Waals surface area (Å²) in [5.74, 6) is -2.88. The van der Waals surface area contributed by atoms with Crippen LogP contribution in [-0.2, 0) is 10.4 Å². The average molecular weight is 286 g/mol. The van der Waals surface area contributed by atoms with Crippen LogP contribution in [0.3, 0.4) is 0 Å². The highest BCUT2D eigenvalue weighted by atomic mass is 35.5. The van der Waals surface area contributed by atoms with Crippen molar-refractivity contribution in [3.63, 3.8) is 0 Å². The largest absolute Gasteiger partial charge is 0.435 e. The highest BCUT2D eigenvalue weighted by Gasteiger charge is 2.60. The number of hydrogen-bond donors (Lipinski definition) is 0. The van der Waals surface area contributed by atoms with Gasteiger partial charge in [0.25, 0.3) is 5.60 Å². The molecule has 1 aromatic rings. The molecule has 2 nitrogen and oxygen atoms in total. The summed E-state index contributed by atoms with van der Waals surface area (Å²) in [6.45, 7) is 0. The zero-order valence-electron chi connectivity index (χ0n) is 8.56. The number of nitrogens with zero attached hydrogens (tertiary/aromatic N) is 1. The van der Waals surface area contributed by atoms with E-state index in [0.717, 1.165) is 6.21 Å². The number of rotatable bonds is 1. The van der Waals surface area contributed by atoms with Crippen LogP contribution in [-0.4, -0.2) is 12.4 Å². The fourth-order valence-corrected chi connectivity index (χ4v) is 1.83. The van der Waals surface area contributed by atoms with Crippen molar-refractivity contribution in [2.24, 2.45) is 5.16 Å². The van der Waals surface area contributed by atoms with E-state index in [4.69, 9.17) is 11.6 Å². The Balaban J connectivity index is 2.58.